The van der Waals surface area contributed by atoms with Crippen molar-refractivity contribution < 1.29 is 23.9 Å². The number of amides is 4. The second-order valence-corrected chi connectivity index (χ2v) is 7.63. The third-order valence-electron chi connectivity index (χ3n) is 5.63. The van der Waals surface area contributed by atoms with Gasteiger partial charge >= 0.3 is 0 Å². The maximum Gasteiger partial charge on any atom is 0.255 e. The molecule has 2 aliphatic rings. The second-order valence-electron chi connectivity index (χ2n) is 7.63. The lowest BCUT2D eigenvalue weighted by Crippen LogP contribution is -2.52. The van der Waals surface area contributed by atoms with E-state index in [1.54, 1.807) is 25.3 Å². The quantitative estimate of drug-likeness (QED) is 0.695. The second kappa shape index (κ2) is 8.59. The number of methoxy groups -OCH3 is 1. The number of rotatable bonds is 6. The molecule has 31 heavy (non-hydrogen) atoms. The van der Waals surface area contributed by atoms with Crippen molar-refractivity contribution in [3.63, 3.8) is 0 Å². The average molecular weight is 421 g/mol. The molecule has 0 saturated carbocycles. The minimum Gasteiger partial charge on any atom is -0.497 e. The number of benzene rings is 2. The zero-order chi connectivity index (χ0) is 22.0. The summed E-state index contributed by atoms with van der Waals surface area (Å²) in [5, 5.41) is 5.19. The molecular weight excluding hydrogens is 398 g/mol. The van der Waals surface area contributed by atoms with Crippen molar-refractivity contribution in [2.45, 2.75) is 38.3 Å². The van der Waals surface area contributed by atoms with Crippen LogP contribution in [0.5, 0.6) is 5.75 Å². The number of aryl methyl sites for hydroxylation is 1. The summed E-state index contributed by atoms with van der Waals surface area (Å²) < 4.78 is 5.21. The first-order valence-electron chi connectivity index (χ1n) is 10.2. The lowest BCUT2D eigenvalue weighted by Gasteiger charge is -2.29. The zero-order valence-corrected chi connectivity index (χ0v) is 17.1. The van der Waals surface area contributed by atoms with Gasteiger partial charge in [-0.2, -0.15) is 0 Å². The van der Waals surface area contributed by atoms with Gasteiger partial charge in [0.2, 0.25) is 17.7 Å². The third-order valence-corrected chi connectivity index (χ3v) is 5.63. The molecule has 8 nitrogen and oxygen atoms in total. The first kappa shape index (κ1) is 20.6. The van der Waals surface area contributed by atoms with Gasteiger partial charge in [0.05, 0.1) is 7.11 Å². The molecule has 160 valence electrons. The lowest BCUT2D eigenvalue weighted by atomic mass is 10.0. The summed E-state index contributed by atoms with van der Waals surface area (Å²) in [6.45, 7) is 0.215. The van der Waals surface area contributed by atoms with Crippen LogP contribution in [0, 0.1) is 0 Å². The van der Waals surface area contributed by atoms with Crippen molar-refractivity contribution in [1.82, 2.24) is 10.2 Å². The summed E-state index contributed by atoms with van der Waals surface area (Å²) in [6.07, 6.45) is 1.33. The van der Waals surface area contributed by atoms with E-state index in [1.165, 1.54) is 4.90 Å². The molecule has 1 atom stereocenters. The van der Waals surface area contributed by atoms with Crippen LogP contribution in [0.3, 0.4) is 0 Å². The van der Waals surface area contributed by atoms with Crippen LogP contribution in [0.25, 0.3) is 0 Å². The monoisotopic (exact) mass is 421 g/mol. The smallest absolute Gasteiger partial charge is 0.255 e. The van der Waals surface area contributed by atoms with Crippen LogP contribution in [0.2, 0.25) is 0 Å². The Hall–Kier alpha value is -3.68. The number of piperidine rings is 1. The Bertz CT molecular complexity index is 1060. The van der Waals surface area contributed by atoms with Crippen LogP contribution in [0.15, 0.2) is 42.5 Å². The van der Waals surface area contributed by atoms with Crippen molar-refractivity contribution in [2.75, 3.05) is 12.4 Å². The highest BCUT2D eigenvalue weighted by Crippen LogP contribution is 2.32. The minimum atomic E-state index is -0.686. The molecule has 2 N–H and O–H groups in total. The predicted molar refractivity (Wildman–Crippen MR) is 112 cm³/mol. The topological polar surface area (TPSA) is 105 Å². The summed E-state index contributed by atoms with van der Waals surface area (Å²) in [4.78, 5) is 50.5. The fraction of sp³-hybridized carbons (Fsp3) is 0.304. The van der Waals surface area contributed by atoms with Crippen LogP contribution >= 0.6 is 0 Å². The molecule has 2 aromatic carbocycles. The maximum absolute atomic E-state index is 12.9. The molecule has 2 aromatic rings. The third kappa shape index (κ3) is 4.28. The highest BCUT2D eigenvalue weighted by molar-refractivity contribution is 6.06. The fourth-order valence-electron chi connectivity index (χ4n) is 4.00. The van der Waals surface area contributed by atoms with Crippen molar-refractivity contribution in [1.29, 1.82) is 0 Å². The standard InChI is InChI=1S/C23H23N3O5/c1-31-15-5-2-4-14(12-15)8-10-20(27)24-18-7-3-6-16-17(18)13-26(23(16)30)19-9-11-21(28)25-22(19)29/h2-7,12,19H,8-11,13H2,1H3,(H,24,27)(H,25,28,29). The number of hydrogen-bond acceptors (Lipinski definition) is 5. The maximum atomic E-state index is 12.9. The molecule has 0 aliphatic carbocycles. The lowest BCUT2D eigenvalue weighted by molar-refractivity contribution is -0.137. The van der Waals surface area contributed by atoms with Crippen molar-refractivity contribution >= 4 is 29.3 Å². The van der Waals surface area contributed by atoms with Crippen LogP contribution in [0.4, 0.5) is 5.69 Å². The van der Waals surface area contributed by atoms with E-state index in [0.717, 1.165) is 11.3 Å². The number of carbonyl (C=O) groups excluding carboxylic acids is 4. The van der Waals surface area contributed by atoms with Gasteiger partial charge in [-0.05, 0) is 42.7 Å². The van der Waals surface area contributed by atoms with Crippen molar-refractivity contribution in [3.8, 4) is 5.75 Å². The fourth-order valence-corrected chi connectivity index (χ4v) is 4.00. The Balaban J connectivity index is 1.44. The Morgan fingerprint density at radius 2 is 2.00 bits per heavy atom. The van der Waals surface area contributed by atoms with Gasteiger partial charge in [-0.3, -0.25) is 24.5 Å². The summed E-state index contributed by atoms with van der Waals surface area (Å²) in [5.74, 6) is -0.471. The van der Waals surface area contributed by atoms with Gasteiger partial charge in [0, 0.05) is 36.2 Å². The number of nitrogens with zero attached hydrogens (tertiary/aromatic N) is 1. The number of anilines is 1. The number of hydrogen-bond donors (Lipinski definition) is 2. The van der Waals surface area contributed by atoms with E-state index < -0.39 is 11.9 Å². The van der Waals surface area contributed by atoms with Crippen molar-refractivity contribution in [2.24, 2.45) is 0 Å². The first-order valence-corrected chi connectivity index (χ1v) is 10.2. The molecule has 1 unspecified atom stereocenters. The summed E-state index contributed by atoms with van der Waals surface area (Å²) >= 11 is 0. The molecule has 1 saturated heterocycles. The van der Waals surface area contributed by atoms with Crippen LogP contribution in [-0.2, 0) is 27.3 Å². The van der Waals surface area contributed by atoms with Crippen LogP contribution < -0.4 is 15.4 Å². The number of carbonyl (C=O) groups is 4. The molecule has 0 bridgehead atoms. The molecule has 0 radical (unpaired) electrons. The normalized spacial score (nSPS) is 17.9. The Morgan fingerprint density at radius 3 is 2.77 bits per heavy atom. The predicted octanol–water partition coefficient (Wildman–Crippen LogP) is 2.03. The van der Waals surface area contributed by atoms with Gasteiger partial charge in [-0.1, -0.05) is 18.2 Å². The number of ether oxygens (including phenoxy) is 1. The molecular formula is C23H23N3O5. The van der Waals surface area contributed by atoms with Crippen molar-refractivity contribution in [3.05, 3.63) is 59.2 Å². The Kier molecular flexibility index (Phi) is 5.70. The highest BCUT2D eigenvalue weighted by atomic mass is 16.5. The summed E-state index contributed by atoms with van der Waals surface area (Å²) in [7, 11) is 1.60. The van der Waals surface area contributed by atoms with E-state index in [0.29, 0.717) is 29.7 Å². The molecule has 2 aliphatic heterocycles. The zero-order valence-electron chi connectivity index (χ0n) is 17.1. The Morgan fingerprint density at radius 1 is 1.19 bits per heavy atom. The molecule has 4 amide bonds. The van der Waals surface area contributed by atoms with Gasteiger partial charge in [0.1, 0.15) is 11.8 Å². The molecule has 8 heteroatoms. The van der Waals surface area contributed by atoms with E-state index in [9.17, 15) is 19.2 Å². The van der Waals surface area contributed by atoms with Gasteiger partial charge in [0.25, 0.3) is 5.91 Å². The van der Waals surface area contributed by atoms with E-state index >= 15 is 0 Å². The van der Waals surface area contributed by atoms with E-state index in [4.69, 9.17) is 4.74 Å². The van der Waals surface area contributed by atoms with Gasteiger partial charge in [-0.15, -0.1) is 0 Å². The molecule has 0 aromatic heterocycles. The molecule has 1 fully saturated rings. The average Bonchev–Trinajstić information content (AvgIpc) is 3.10. The Labute approximate surface area is 179 Å². The van der Waals surface area contributed by atoms with Gasteiger partial charge < -0.3 is 15.0 Å². The van der Waals surface area contributed by atoms with Crippen LogP contribution in [0.1, 0.15) is 40.7 Å². The van der Waals surface area contributed by atoms with Crippen LogP contribution in [-0.4, -0.2) is 41.7 Å². The summed E-state index contributed by atoms with van der Waals surface area (Å²) in [6, 6.07) is 12.0. The number of fused-ring (bicyclic) bond motifs is 1. The molecule has 4 rings (SSSR count). The summed E-state index contributed by atoms with van der Waals surface area (Å²) in [5.41, 5.74) is 2.71. The largest absolute Gasteiger partial charge is 0.497 e. The van der Waals surface area contributed by atoms with E-state index in [2.05, 4.69) is 10.6 Å². The first-order chi connectivity index (χ1) is 15.0. The van der Waals surface area contributed by atoms with E-state index in [-0.39, 0.29) is 37.1 Å². The SMILES string of the molecule is COc1cccc(CCC(=O)Nc2cccc3c2CN(C2CCC(=O)NC2=O)C3=O)c1. The van der Waals surface area contributed by atoms with Gasteiger partial charge in [-0.25, -0.2) is 0 Å². The molecule has 2 heterocycles. The number of nitrogens with one attached hydrogen (secondary N) is 2. The molecule has 0 spiro atoms. The minimum absolute atomic E-state index is 0.164. The van der Waals surface area contributed by atoms with Gasteiger partial charge in [0.15, 0.2) is 0 Å². The number of imide groups is 1. The van der Waals surface area contributed by atoms with E-state index in [1.807, 2.05) is 24.3 Å². The highest BCUT2D eigenvalue weighted by Gasteiger charge is 2.39.